The van der Waals surface area contributed by atoms with Crippen LogP contribution in [-0.4, -0.2) is 101 Å². The third-order valence-corrected chi connectivity index (χ3v) is 7.62. The van der Waals surface area contributed by atoms with Crippen molar-refractivity contribution in [1.29, 1.82) is 0 Å². The Labute approximate surface area is 217 Å². The summed E-state index contributed by atoms with van der Waals surface area (Å²) >= 11 is 1.27. The van der Waals surface area contributed by atoms with E-state index in [9.17, 15) is 20.4 Å². The molecule has 0 radical (unpaired) electrons. The molecule has 4 N–H and O–H groups in total. The summed E-state index contributed by atoms with van der Waals surface area (Å²) in [7, 11) is 0. The molecule has 1 aliphatic heterocycles. The summed E-state index contributed by atoms with van der Waals surface area (Å²) in [5.41, 5.74) is -0.789. The molecule has 1 aliphatic rings. The van der Waals surface area contributed by atoms with Gasteiger partial charge in [0.1, 0.15) is 29.9 Å². The molecule has 1 heterocycles. The fourth-order valence-electron chi connectivity index (χ4n) is 4.02. The van der Waals surface area contributed by atoms with Crippen LogP contribution in [0.5, 0.6) is 0 Å². The van der Waals surface area contributed by atoms with E-state index in [0.29, 0.717) is 26.3 Å². The molecular formula is C26H53NO7S. The van der Waals surface area contributed by atoms with Gasteiger partial charge in [0.05, 0.1) is 19.8 Å². The number of ether oxygens (including phenoxy) is 3. The number of rotatable bonds is 23. The fraction of sp³-hybridized carbons (Fsp3) is 1.00. The third-order valence-electron chi connectivity index (χ3n) is 6.36. The molecular weight excluding hydrogens is 470 g/mol. The lowest BCUT2D eigenvalue weighted by atomic mass is 10.0. The van der Waals surface area contributed by atoms with Crippen LogP contribution in [0.2, 0.25) is 0 Å². The number of hydrogen-bond acceptors (Lipinski definition) is 9. The first kappa shape index (κ1) is 33.1. The smallest absolute Gasteiger partial charge is 0.146 e. The maximum atomic E-state index is 10.4. The van der Waals surface area contributed by atoms with Crippen LogP contribution in [0, 0.1) is 0 Å². The molecule has 1 saturated heterocycles. The van der Waals surface area contributed by atoms with Gasteiger partial charge in [-0.15, -0.1) is 0 Å². The predicted molar refractivity (Wildman–Crippen MR) is 141 cm³/mol. The summed E-state index contributed by atoms with van der Waals surface area (Å²) in [6.07, 6.45) is 9.82. The van der Waals surface area contributed by atoms with Gasteiger partial charge in [0, 0.05) is 26.3 Å². The largest absolute Gasteiger partial charge is 0.394 e. The molecule has 0 aromatic rings. The number of aliphatic hydroxyl groups excluding tert-OH is 4. The number of unbranched alkanes of at least 4 members (excludes halogenated alkanes) is 10. The number of aliphatic hydroxyl groups is 4. The van der Waals surface area contributed by atoms with Gasteiger partial charge in [-0.2, -0.15) is 0 Å². The van der Waals surface area contributed by atoms with E-state index in [1.807, 2.05) is 4.31 Å². The molecule has 35 heavy (non-hydrogen) atoms. The summed E-state index contributed by atoms with van der Waals surface area (Å²) in [5.74, 6) is 0. The second-order valence-electron chi connectivity index (χ2n) is 9.49. The Kier molecular flexibility index (Phi) is 20.8. The van der Waals surface area contributed by atoms with E-state index in [1.54, 1.807) is 0 Å². The molecule has 1 fully saturated rings. The third kappa shape index (κ3) is 15.1. The van der Waals surface area contributed by atoms with Crippen molar-refractivity contribution >= 4 is 11.9 Å². The molecule has 5 atom stereocenters. The van der Waals surface area contributed by atoms with Crippen LogP contribution in [0.3, 0.4) is 0 Å². The lowest BCUT2D eigenvalue weighted by Crippen LogP contribution is -2.58. The van der Waals surface area contributed by atoms with Crippen LogP contribution in [0.15, 0.2) is 0 Å². The van der Waals surface area contributed by atoms with Gasteiger partial charge in [-0.05, 0) is 24.8 Å². The highest BCUT2D eigenvalue weighted by Crippen LogP contribution is 2.30. The van der Waals surface area contributed by atoms with E-state index in [0.717, 1.165) is 26.1 Å². The molecule has 0 bridgehead atoms. The molecule has 210 valence electrons. The van der Waals surface area contributed by atoms with E-state index < -0.39 is 36.5 Å². The highest BCUT2D eigenvalue weighted by molar-refractivity contribution is 7.97. The minimum Gasteiger partial charge on any atom is -0.394 e. The van der Waals surface area contributed by atoms with Gasteiger partial charge in [-0.1, -0.05) is 78.1 Å². The van der Waals surface area contributed by atoms with E-state index >= 15 is 0 Å². The number of hydrogen-bond donors (Lipinski definition) is 4. The van der Waals surface area contributed by atoms with Gasteiger partial charge in [0.15, 0.2) is 0 Å². The van der Waals surface area contributed by atoms with Gasteiger partial charge in [0.25, 0.3) is 0 Å². The summed E-state index contributed by atoms with van der Waals surface area (Å²) < 4.78 is 19.4. The van der Waals surface area contributed by atoms with Crippen molar-refractivity contribution in [3.63, 3.8) is 0 Å². The lowest BCUT2D eigenvalue weighted by molar-refractivity contribution is -0.206. The molecule has 0 saturated carbocycles. The lowest BCUT2D eigenvalue weighted by Gasteiger charge is -2.41. The Bertz CT molecular complexity index is 453. The molecule has 0 amide bonds. The van der Waals surface area contributed by atoms with Crippen molar-refractivity contribution < 1.29 is 34.6 Å². The zero-order valence-corrected chi connectivity index (χ0v) is 23.0. The Morgan fingerprint density at radius 3 is 1.63 bits per heavy atom. The molecule has 0 aromatic carbocycles. The maximum absolute atomic E-state index is 10.4. The van der Waals surface area contributed by atoms with Crippen LogP contribution in [0.25, 0.3) is 0 Å². The van der Waals surface area contributed by atoms with Gasteiger partial charge in [0.2, 0.25) is 0 Å². The van der Waals surface area contributed by atoms with E-state index in [2.05, 4.69) is 13.8 Å². The zero-order chi connectivity index (χ0) is 25.7. The van der Waals surface area contributed by atoms with Gasteiger partial charge >= 0.3 is 0 Å². The SMILES string of the molecule is CCCCCCCCOCCN(CCOCCCCCCCC)S[C@@H]1O[C@H](CO)[C@@H](O)[C@H](O)[C@H]1O. The normalized spacial score (nSPS) is 24.9. The van der Waals surface area contributed by atoms with E-state index in [4.69, 9.17) is 14.2 Å². The average molecular weight is 524 g/mol. The Hall–Kier alpha value is 0.0300. The van der Waals surface area contributed by atoms with Crippen molar-refractivity contribution in [2.45, 2.75) is 121 Å². The van der Waals surface area contributed by atoms with E-state index in [1.165, 1.54) is 76.2 Å². The van der Waals surface area contributed by atoms with Crippen molar-refractivity contribution in [2.75, 3.05) is 46.1 Å². The average Bonchev–Trinajstić information content (AvgIpc) is 2.86. The van der Waals surface area contributed by atoms with Gasteiger partial charge in [-0.25, -0.2) is 4.31 Å². The molecule has 0 aliphatic carbocycles. The second-order valence-corrected chi connectivity index (χ2v) is 10.7. The quantitative estimate of drug-likeness (QED) is 0.118. The Balaban J connectivity index is 2.39. The molecule has 9 heteroatoms. The van der Waals surface area contributed by atoms with E-state index in [-0.39, 0.29) is 0 Å². The highest BCUT2D eigenvalue weighted by atomic mass is 32.2. The molecule has 1 rings (SSSR count). The van der Waals surface area contributed by atoms with Crippen LogP contribution in [0.1, 0.15) is 90.9 Å². The van der Waals surface area contributed by atoms with Crippen LogP contribution >= 0.6 is 11.9 Å². The van der Waals surface area contributed by atoms with Crippen molar-refractivity contribution in [3.05, 3.63) is 0 Å². The monoisotopic (exact) mass is 523 g/mol. The van der Waals surface area contributed by atoms with Crippen LogP contribution in [-0.2, 0) is 14.2 Å². The first-order chi connectivity index (χ1) is 17.0. The summed E-state index contributed by atoms with van der Waals surface area (Å²) in [6.45, 7) is 7.83. The first-order valence-electron chi connectivity index (χ1n) is 13.9. The fourth-order valence-corrected chi connectivity index (χ4v) is 5.16. The first-order valence-corrected chi connectivity index (χ1v) is 14.8. The second kappa shape index (κ2) is 22.1. The minimum atomic E-state index is -1.37. The predicted octanol–water partition coefficient (Wildman–Crippen LogP) is 3.49. The Morgan fingerprint density at radius 1 is 0.657 bits per heavy atom. The zero-order valence-electron chi connectivity index (χ0n) is 22.2. The van der Waals surface area contributed by atoms with Crippen molar-refractivity contribution in [1.82, 2.24) is 4.31 Å². The Morgan fingerprint density at radius 2 is 1.14 bits per heavy atom. The topological polar surface area (TPSA) is 112 Å². The molecule has 0 unspecified atom stereocenters. The van der Waals surface area contributed by atoms with Gasteiger partial charge in [-0.3, -0.25) is 0 Å². The summed E-state index contributed by atoms with van der Waals surface area (Å²) in [6, 6.07) is 0. The minimum absolute atomic E-state index is 0.426. The van der Waals surface area contributed by atoms with Crippen LogP contribution < -0.4 is 0 Å². The molecule has 0 aromatic heterocycles. The van der Waals surface area contributed by atoms with Crippen LogP contribution in [0.4, 0.5) is 0 Å². The maximum Gasteiger partial charge on any atom is 0.146 e. The standard InChI is InChI=1S/C26H53NO7S/c1-3-5-7-9-11-13-17-32-19-15-27(16-20-33-18-14-12-10-8-6-4-2)35-26-25(31)24(30)23(29)22(21-28)34-26/h22-26,28-31H,3-21H2,1-2H3/t22-,23-,24+,25-,26+/m1/s1. The van der Waals surface area contributed by atoms with Crippen molar-refractivity contribution in [3.8, 4) is 0 Å². The van der Waals surface area contributed by atoms with Gasteiger partial charge < -0.3 is 34.6 Å². The van der Waals surface area contributed by atoms with Crippen molar-refractivity contribution in [2.24, 2.45) is 0 Å². The summed E-state index contributed by atoms with van der Waals surface area (Å²) in [5, 5.41) is 40.0. The molecule has 8 nitrogen and oxygen atoms in total. The number of nitrogens with zero attached hydrogens (tertiary/aromatic N) is 1. The molecule has 0 spiro atoms. The summed E-state index contributed by atoms with van der Waals surface area (Å²) in [4.78, 5) is 0. The highest BCUT2D eigenvalue weighted by Gasteiger charge is 2.44.